The van der Waals surface area contributed by atoms with Crippen molar-refractivity contribution in [1.82, 2.24) is 5.32 Å². The number of aromatic carboxylic acids is 1. The Kier molecular flexibility index (Phi) is 6.59. The Hall–Kier alpha value is -3.28. The van der Waals surface area contributed by atoms with E-state index in [0.29, 0.717) is 23.7 Å². The van der Waals surface area contributed by atoms with Crippen LogP contribution in [0.2, 0.25) is 0 Å². The maximum atomic E-state index is 11.9. The van der Waals surface area contributed by atoms with Gasteiger partial charge in [0, 0.05) is 6.54 Å². The van der Waals surface area contributed by atoms with Gasteiger partial charge >= 0.3 is 5.97 Å². The van der Waals surface area contributed by atoms with Gasteiger partial charge in [-0.1, -0.05) is 36.9 Å². The van der Waals surface area contributed by atoms with Crippen molar-refractivity contribution in [3.05, 3.63) is 72.3 Å². The van der Waals surface area contributed by atoms with Crippen LogP contribution in [0.1, 0.15) is 15.9 Å². The Morgan fingerprint density at radius 3 is 2.48 bits per heavy atom. The topological polar surface area (TPSA) is 84.9 Å². The molecule has 0 bridgehead atoms. The number of para-hydroxylation sites is 2. The van der Waals surface area contributed by atoms with Crippen molar-refractivity contribution >= 4 is 11.9 Å². The number of carbonyl (C=O) groups is 2. The SMILES string of the molecule is C=CCOc1ccccc1OCC(=O)NCc1cccc(C(=O)O)c1. The van der Waals surface area contributed by atoms with Crippen LogP contribution in [0.5, 0.6) is 11.5 Å². The highest BCUT2D eigenvalue weighted by atomic mass is 16.5. The number of carboxylic acid groups (broad SMARTS) is 1. The fourth-order valence-electron chi connectivity index (χ4n) is 2.05. The molecule has 2 N–H and O–H groups in total. The van der Waals surface area contributed by atoms with Gasteiger partial charge in [-0.25, -0.2) is 4.79 Å². The molecule has 0 aliphatic rings. The van der Waals surface area contributed by atoms with Gasteiger partial charge in [-0.05, 0) is 29.8 Å². The highest BCUT2D eigenvalue weighted by Gasteiger charge is 2.08. The van der Waals surface area contributed by atoms with Crippen LogP contribution < -0.4 is 14.8 Å². The number of hydrogen-bond donors (Lipinski definition) is 2. The van der Waals surface area contributed by atoms with Crippen LogP contribution in [0, 0.1) is 0 Å². The largest absolute Gasteiger partial charge is 0.486 e. The standard InChI is InChI=1S/C19H19NO5/c1-2-10-24-16-8-3-4-9-17(16)25-13-18(21)20-12-14-6-5-7-15(11-14)19(22)23/h2-9,11H,1,10,12-13H2,(H,20,21)(H,22,23). The van der Waals surface area contributed by atoms with E-state index in [-0.39, 0.29) is 24.6 Å². The highest BCUT2D eigenvalue weighted by Crippen LogP contribution is 2.26. The zero-order valence-electron chi connectivity index (χ0n) is 13.6. The molecule has 0 aliphatic carbocycles. The van der Waals surface area contributed by atoms with Crippen LogP contribution in [-0.4, -0.2) is 30.2 Å². The Balaban J connectivity index is 1.86. The van der Waals surface area contributed by atoms with E-state index in [1.165, 1.54) is 12.1 Å². The van der Waals surface area contributed by atoms with Gasteiger partial charge in [-0.2, -0.15) is 0 Å². The van der Waals surface area contributed by atoms with Crippen molar-refractivity contribution in [2.24, 2.45) is 0 Å². The van der Waals surface area contributed by atoms with Gasteiger partial charge in [0.05, 0.1) is 5.56 Å². The van der Waals surface area contributed by atoms with Crippen LogP contribution in [-0.2, 0) is 11.3 Å². The molecule has 0 heterocycles. The van der Waals surface area contributed by atoms with Crippen molar-refractivity contribution in [1.29, 1.82) is 0 Å². The molecule has 0 radical (unpaired) electrons. The molecule has 0 atom stereocenters. The third kappa shape index (κ3) is 5.69. The predicted octanol–water partition coefficient (Wildman–Crippen LogP) is 2.64. The van der Waals surface area contributed by atoms with Crippen molar-refractivity contribution in [2.45, 2.75) is 6.54 Å². The Labute approximate surface area is 145 Å². The van der Waals surface area contributed by atoms with E-state index < -0.39 is 5.97 Å². The minimum absolute atomic E-state index is 0.174. The average molecular weight is 341 g/mol. The predicted molar refractivity (Wildman–Crippen MR) is 92.9 cm³/mol. The number of amides is 1. The van der Waals surface area contributed by atoms with Crippen molar-refractivity contribution in [3.8, 4) is 11.5 Å². The molecule has 0 spiro atoms. The van der Waals surface area contributed by atoms with Crippen molar-refractivity contribution in [2.75, 3.05) is 13.2 Å². The lowest BCUT2D eigenvalue weighted by molar-refractivity contribution is -0.123. The van der Waals surface area contributed by atoms with Gasteiger partial charge in [-0.15, -0.1) is 0 Å². The summed E-state index contributed by atoms with van der Waals surface area (Å²) in [7, 11) is 0. The molecular formula is C19H19NO5. The molecular weight excluding hydrogens is 322 g/mol. The summed E-state index contributed by atoms with van der Waals surface area (Å²) >= 11 is 0. The van der Waals surface area contributed by atoms with Crippen molar-refractivity contribution in [3.63, 3.8) is 0 Å². The molecule has 0 aliphatic heterocycles. The Morgan fingerprint density at radius 1 is 1.08 bits per heavy atom. The quantitative estimate of drug-likeness (QED) is 0.685. The summed E-state index contributed by atoms with van der Waals surface area (Å²) in [5, 5.41) is 11.6. The second-order valence-electron chi connectivity index (χ2n) is 5.12. The highest BCUT2D eigenvalue weighted by molar-refractivity contribution is 5.87. The lowest BCUT2D eigenvalue weighted by atomic mass is 10.1. The van der Waals surface area contributed by atoms with Gasteiger partial charge in [0.2, 0.25) is 0 Å². The van der Waals surface area contributed by atoms with E-state index in [2.05, 4.69) is 11.9 Å². The molecule has 0 aromatic heterocycles. The second-order valence-corrected chi connectivity index (χ2v) is 5.12. The van der Waals surface area contributed by atoms with Gasteiger partial charge in [0.15, 0.2) is 18.1 Å². The van der Waals surface area contributed by atoms with Crippen LogP contribution in [0.15, 0.2) is 61.2 Å². The molecule has 6 heteroatoms. The summed E-state index contributed by atoms with van der Waals surface area (Å²) in [6.07, 6.45) is 1.62. The number of carboxylic acids is 1. The maximum Gasteiger partial charge on any atom is 0.335 e. The molecule has 0 fully saturated rings. The van der Waals surface area contributed by atoms with Gasteiger partial charge in [0.1, 0.15) is 6.61 Å². The lowest BCUT2D eigenvalue weighted by Gasteiger charge is -2.12. The van der Waals surface area contributed by atoms with Crippen LogP contribution in [0.25, 0.3) is 0 Å². The van der Waals surface area contributed by atoms with Gasteiger partial charge in [-0.3, -0.25) is 4.79 Å². The molecule has 130 valence electrons. The molecule has 2 aromatic carbocycles. The first-order chi connectivity index (χ1) is 12.1. The fraction of sp³-hybridized carbons (Fsp3) is 0.158. The summed E-state index contributed by atoms with van der Waals surface area (Å²) in [6, 6.07) is 13.4. The van der Waals surface area contributed by atoms with Crippen LogP contribution >= 0.6 is 0 Å². The zero-order valence-corrected chi connectivity index (χ0v) is 13.6. The zero-order chi connectivity index (χ0) is 18.1. The van der Waals surface area contributed by atoms with E-state index in [0.717, 1.165) is 0 Å². The second kappa shape index (κ2) is 9.12. The van der Waals surface area contributed by atoms with E-state index in [1.54, 1.807) is 42.5 Å². The summed E-state index contributed by atoms with van der Waals surface area (Å²) in [5.41, 5.74) is 0.874. The number of benzene rings is 2. The third-order valence-corrected chi connectivity index (χ3v) is 3.23. The first-order valence-electron chi connectivity index (χ1n) is 7.64. The fourth-order valence-corrected chi connectivity index (χ4v) is 2.05. The monoisotopic (exact) mass is 341 g/mol. The van der Waals surface area contributed by atoms with Crippen LogP contribution in [0.3, 0.4) is 0 Å². The van der Waals surface area contributed by atoms with Gasteiger partial charge in [0.25, 0.3) is 5.91 Å². The molecule has 0 saturated carbocycles. The van der Waals surface area contributed by atoms with E-state index in [1.807, 2.05) is 0 Å². The molecule has 2 rings (SSSR count). The van der Waals surface area contributed by atoms with E-state index in [9.17, 15) is 9.59 Å². The first-order valence-corrected chi connectivity index (χ1v) is 7.64. The Morgan fingerprint density at radius 2 is 1.80 bits per heavy atom. The number of ether oxygens (including phenoxy) is 2. The molecule has 0 saturated heterocycles. The summed E-state index contributed by atoms with van der Waals surface area (Å²) in [6.45, 7) is 3.97. The Bertz CT molecular complexity index is 757. The van der Waals surface area contributed by atoms with Gasteiger partial charge < -0.3 is 19.9 Å². The summed E-state index contributed by atoms with van der Waals surface area (Å²) in [5.74, 6) is -0.330. The number of hydrogen-bond acceptors (Lipinski definition) is 4. The molecule has 0 unspecified atom stereocenters. The summed E-state index contributed by atoms with van der Waals surface area (Å²) < 4.78 is 10.9. The lowest BCUT2D eigenvalue weighted by Crippen LogP contribution is -2.28. The van der Waals surface area contributed by atoms with Crippen LogP contribution in [0.4, 0.5) is 0 Å². The smallest absolute Gasteiger partial charge is 0.335 e. The number of nitrogens with one attached hydrogen (secondary N) is 1. The number of carbonyl (C=O) groups excluding carboxylic acids is 1. The average Bonchev–Trinajstić information content (AvgIpc) is 2.63. The third-order valence-electron chi connectivity index (χ3n) is 3.23. The summed E-state index contributed by atoms with van der Waals surface area (Å²) in [4.78, 5) is 22.9. The minimum Gasteiger partial charge on any atom is -0.486 e. The molecule has 6 nitrogen and oxygen atoms in total. The normalized spacial score (nSPS) is 9.92. The van der Waals surface area contributed by atoms with Crippen molar-refractivity contribution < 1.29 is 24.2 Å². The van der Waals surface area contributed by atoms with E-state index in [4.69, 9.17) is 14.6 Å². The van der Waals surface area contributed by atoms with E-state index >= 15 is 0 Å². The number of rotatable bonds is 9. The molecule has 2 aromatic rings. The molecule has 1 amide bonds. The molecule has 25 heavy (non-hydrogen) atoms. The minimum atomic E-state index is -1.01. The first kappa shape index (κ1) is 18.1. The maximum absolute atomic E-state index is 11.9.